The number of amides is 1. The molecule has 1 amide bonds. The quantitative estimate of drug-likeness (QED) is 0.761. The monoisotopic (exact) mass is 310 g/mol. The van der Waals surface area contributed by atoms with Crippen LogP contribution in [0.15, 0.2) is 42.7 Å². The Kier molecular flexibility index (Phi) is 4.46. The summed E-state index contributed by atoms with van der Waals surface area (Å²) >= 11 is 0. The number of hydrogen-bond donors (Lipinski definition) is 1. The first-order valence-corrected chi connectivity index (χ1v) is 7.98. The number of nitrogens with zero attached hydrogens (tertiary/aromatic N) is 3. The lowest BCUT2D eigenvalue weighted by molar-refractivity contribution is -0.130. The van der Waals surface area contributed by atoms with E-state index in [1.165, 1.54) is 10.9 Å². The standard InChI is InChI=1S/C18H22N4O/c1-3-22-15(10-11-20-22)13-21(2)18(23)9-8-14-12-19-17-7-5-4-6-16(14)17/h4-7,10-12,19H,3,8-9,13H2,1-2H3. The predicted octanol–water partition coefficient (Wildman–Crippen LogP) is 2.98. The van der Waals surface area contributed by atoms with Gasteiger partial charge in [-0.25, -0.2) is 0 Å². The molecular weight excluding hydrogens is 288 g/mol. The van der Waals surface area contributed by atoms with E-state index in [4.69, 9.17) is 0 Å². The molecule has 0 aliphatic carbocycles. The molecule has 1 aromatic carbocycles. The normalized spacial score (nSPS) is 11.0. The Balaban J connectivity index is 1.60. The molecule has 5 heteroatoms. The average molecular weight is 310 g/mol. The van der Waals surface area contributed by atoms with Crippen molar-refractivity contribution >= 4 is 16.8 Å². The minimum absolute atomic E-state index is 0.152. The van der Waals surface area contributed by atoms with Gasteiger partial charge in [0.1, 0.15) is 0 Å². The number of rotatable bonds is 6. The molecule has 0 aliphatic heterocycles. The summed E-state index contributed by atoms with van der Waals surface area (Å²) in [5.74, 6) is 0.152. The molecule has 3 rings (SSSR count). The number of benzene rings is 1. The second-order valence-electron chi connectivity index (χ2n) is 5.75. The van der Waals surface area contributed by atoms with E-state index in [-0.39, 0.29) is 5.91 Å². The molecule has 2 heterocycles. The Morgan fingerprint density at radius 1 is 1.30 bits per heavy atom. The highest BCUT2D eigenvalue weighted by molar-refractivity contribution is 5.84. The van der Waals surface area contributed by atoms with Crippen molar-refractivity contribution in [1.29, 1.82) is 0 Å². The van der Waals surface area contributed by atoms with Crippen molar-refractivity contribution in [1.82, 2.24) is 19.7 Å². The van der Waals surface area contributed by atoms with E-state index in [1.807, 2.05) is 36.1 Å². The third-order valence-corrected chi connectivity index (χ3v) is 4.21. The molecule has 0 spiro atoms. The Morgan fingerprint density at radius 3 is 2.96 bits per heavy atom. The molecule has 0 fully saturated rings. The van der Waals surface area contributed by atoms with Gasteiger partial charge >= 0.3 is 0 Å². The summed E-state index contributed by atoms with van der Waals surface area (Å²) in [4.78, 5) is 17.4. The van der Waals surface area contributed by atoms with Gasteiger partial charge in [0, 0.05) is 43.3 Å². The molecule has 0 aliphatic rings. The van der Waals surface area contributed by atoms with Gasteiger partial charge < -0.3 is 9.88 Å². The summed E-state index contributed by atoms with van der Waals surface area (Å²) in [5.41, 5.74) is 3.38. The number of aromatic amines is 1. The minimum atomic E-state index is 0.152. The topological polar surface area (TPSA) is 53.9 Å². The number of aryl methyl sites for hydroxylation is 2. The smallest absolute Gasteiger partial charge is 0.222 e. The first-order chi connectivity index (χ1) is 11.2. The molecule has 0 radical (unpaired) electrons. The maximum atomic E-state index is 12.4. The first kappa shape index (κ1) is 15.3. The SMILES string of the molecule is CCn1nccc1CN(C)C(=O)CCc1c[nH]c2ccccc12. The van der Waals surface area contributed by atoms with Gasteiger partial charge in [0.05, 0.1) is 12.2 Å². The van der Waals surface area contributed by atoms with Crippen molar-refractivity contribution in [2.45, 2.75) is 32.9 Å². The third-order valence-electron chi connectivity index (χ3n) is 4.21. The molecule has 120 valence electrons. The molecular formula is C18H22N4O. The van der Waals surface area contributed by atoms with E-state index in [0.717, 1.165) is 24.2 Å². The zero-order chi connectivity index (χ0) is 16.2. The van der Waals surface area contributed by atoms with Crippen molar-refractivity contribution in [3.63, 3.8) is 0 Å². The lowest BCUT2D eigenvalue weighted by Gasteiger charge is -2.17. The summed E-state index contributed by atoms with van der Waals surface area (Å²) in [6.45, 7) is 3.47. The third kappa shape index (κ3) is 3.28. The fourth-order valence-electron chi connectivity index (χ4n) is 2.88. The van der Waals surface area contributed by atoms with Crippen LogP contribution >= 0.6 is 0 Å². The summed E-state index contributed by atoms with van der Waals surface area (Å²) in [6.07, 6.45) is 5.05. The lowest BCUT2D eigenvalue weighted by atomic mass is 10.1. The fraction of sp³-hybridized carbons (Fsp3) is 0.333. The molecule has 0 bridgehead atoms. The van der Waals surface area contributed by atoms with Crippen LogP contribution in [0.25, 0.3) is 10.9 Å². The maximum Gasteiger partial charge on any atom is 0.222 e. The number of H-pyrrole nitrogens is 1. The van der Waals surface area contributed by atoms with Crippen molar-refractivity contribution in [2.24, 2.45) is 0 Å². The number of hydrogen-bond acceptors (Lipinski definition) is 2. The summed E-state index contributed by atoms with van der Waals surface area (Å²) in [6, 6.07) is 10.2. The summed E-state index contributed by atoms with van der Waals surface area (Å²) in [7, 11) is 1.85. The van der Waals surface area contributed by atoms with Crippen LogP contribution in [0.2, 0.25) is 0 Å². The molecule has 1 N–H and O–H groups in total. The van der Waals surface area contributed by atoms with Gasteiger partial charge in [-0.3, -0.25) is 9.48 Å². The van der Waals surface area contributed by atoms with E-state index in [1.54, 1.807) is 11.1 Å². The van der Waals surface area contributed by atoms with Crippen LogP contribution < -0.4 is 0 Å². The van der Waals surface area contributed by atoms with E-state index in [2.05, 4.69) is 29.1 Å². The van der Waals surface area contributed by atoms with Gasteiger partial charge in [0.25, 0.3) is 0 Å². The first-order valence-electron chi connectivity index (χ1n) is 7.98. The van der Waals surface area contributed by atoms with Crippen LogP contribution in [0.5, 0.6) is 0 Å². The van der Waals surface area contributed by atoms with Crippen LogP contribution in [-0.2, 0) is 24.3 Å². The molecule has 0 saturated heterocycles. The van der Waals surface area contributed by atoms with E-state index >= 15 is 0 Å². The van der Waals surface area contributed by atoms with Crippen molar-refractivity contribution in [3.8, 4) is 0 Å². The number of carbonyl (C=O) groups is 1. The largest absolute Gasteiger partial charge is 0.361 e. The van der Waals surface area contributed by atoms with Gasteiger partial charge in [0.15, 0.2) is 0 Å². The van der Waals surface area contributed by atoms with E-state index in [0.29, 0.717) is 13.0 Å². The Hall–Kier alpha value is -2.56. The van der Waals surface area contributed by atoms with Gasteiger partial charge in [-0.05, 0) is 31.0 Å². The lowest BCUT2D eigenvalue weighted by Crippen LogP contribution is -2.27. The fourth-order valence-corrected chi connectivity index (χ4v) is 2.88. The van der Waals surface area contributed by atoms with E-state index in [9.17, 15) is 4.79 Å². The van der Waals surface area contributed by atoms with Gasteiger partial charge in [-0.1, -0.05) is 18.2 Å². The van der Waals surface area contributed by atoms with Gasteiger partial charge in [-0.15, -0.1) is 0 Å². The van der Waals surface area contributed by atoms with Crippen LogP contribution in [0.4, 0.5) is 0 Å². The van der Waals surface area contributed by atoms with Crippen LogP contribution in [0.3, 0.4) is 0 Å². The van der Waals surface area contributed by atoms with Crippen molar-refractivity contribution in [3.05, 3.63) is 54.0 Å². The second kappa shape index (κ2) is 6.69. The Morgan fingerprint density at radius 2 is 2.13 bits per heavy atom. The van der Waals surface area contributed by atoms with Crippen LogP contribution in [-0.4, -0.2) is 32.6 Å². The van der Waals surface area contributed by atoms with Crippen LogP contribution in [0, 0.1) is 0 Å². The molecule has 0 atom stereocenters. The van der Waals surface area contributed by atoms with E-state index < -0.39 is 0 Å². The molecule has 5 nitrogen and oxygen atoms in total. The average Bonchev–Trinajstić information content (AvgIpc) is 3.19. The molecule has 0 saturated carbocycles. The molecule has 23 heavy (non-hydrogen) atoms. The predicted molar refractivity (Wildman–Crippen MR) is 91.0 cm³/mol. The molecule has 2 aromatic heterocycles. The number of para-hydroxylation sites is 1. The Bertz CT molecular complexity index is 802. The van der Waals surface area contributed by atoms with Crippen LogP contribution in [0.1, 0.15) is 24.6 Å². The zero-order valence-electron chi connectivity index (χ0n) is 13.6. The van der Waals surface area contributed by atoms with Crippen molar-refractivity contribution < 1.29 is 4.79 Å². The zero-order valence-corrected chi connectivity index (χ0v) is 13.6. The maximum absolute atomic E-state index is 12.4. The van der Waals surface area contributed by atoms with Crippen molar-refractivity contribution in [2.75, 3.05) is 7.05 Å². The van der Waals surface area contributed by atoms with Gasteiger partial charge in [0.2, 0.25) is 5.91 Å². The molecule has 0 unspecified atom stereocenters. The van der Waals surface area contributed by atoms with Gasteiger partial charge in [-0.2, -0.15) is 5.10 Å². The second-order valence-corrected chi connectivity index (χ2v) is 5.75. The highest BCUT2D eigenvalue weighted by Gasteiger charge is 2.13. The highest BCUT2D eigenvalue weighted by Crippen LogP contribution is 2.19. The highest BCUT2D eigenvalue weighted by atomic mass is 16.2. The number of aromatic nitrogens is 3. The number of carbonyl (C=O) groups excluding carboxylic acids is 1. The minimum Gasteiger partial charge on any atom is -0.361 e. The summed E-state index contributed by atoms with van der Waals surface area (Å²) < 4.78 is 1.92. The summed E-state index contributed by atoms with van der Waals surface area (Å²) in [5, 5.41) is 5.44. The number of nitrogens with one attached hydrogen (secondary N) is 1. The number of fused-ring (bicyclic) bond motifs is 1. The Labute approximate surface area is 135 Å². The molecule has 3 aromatic rings.